The lowest BCUT2D eigenvalue weighted by molar-refractivity contribution is 1.22. The summed E-state index contributed by atoms with van der Waals surface area (Å²) in [4.78, 5) is 34.1. The van der Waals surface area contributed by atoms with E-state index in [1.807, 2.05) is 54.6 Å². The quantitative estimate of drug-likeness (QED) is 0.599. The summed E-state index contributed by atoms with van der Waals surface area (Å²) in [5.41, 5.74) is 3.92. The fourth-order valence-electron chi connectivity index (χ4n) is 2.92. The normalized spacial score (nSPS) is 10.6. The molecule has 5 heteroatoms. The Kier molecular flexibility index (Phi) is 4.03. The molecule has 0 aliphatic rings. The van der Waals surface area contributed by atoms with Crippen LogP contribution in [0.15, 0.2) is 88.7 Å². The highest BCUT2D eigenvalue weighted by molar-refractivity contribution is 5.83. The lowest BCUT2D eigenvalue weighted by atomic mass is 9.97. The first kappa shape index (κ1) is 15.8. The lowest BCUT2D eigenvalue weighted by Crippen LogP contribution is -2.10. The standard InChI is InChI=1S/C21H15N3O2/c25-20-10-5-9-19(24-20)16-7-2-1-6-15(16)17-12-14(13-23-21(17)26)18-8-3-4-11-22-18/h1-13H,(H,23,26)(H,24,25). The van der Waals surface area contributed by atoms with Crippen LogP contribution >= 0.6 is 0 Å². The molecule has 0 saturated carbocycles. The molecule has 0 spiro atoms. The number of H-pyrrole nitrogens is 2. The highest BCUT2D eigenvalue weighted by Crippen LogP contribution is 2.30. The van der Waals surface area contributed by atoms with Crippen molar-refractivity contribution in [2.45, 2.75) is 0 Å². The van der Waals surface area contributed by atoms with E-state index in [0.29, 0.717) is 11.3 Å². The van der Waals surface area contributed by atoms with Crippen molar-refractivity contribution in [3.05, 3.63) is 99.8 Å². The number of nitrogens with one attached hydrogen (secondary N) is 2. The summed E-state index contributed by atoms with van der Waals surface area (Å²) in [6.45, 7) is 0. The van der Waals surface area contributed by atoms with Gasteiger partial charge in [0.25, 0.3) is 5.56 Å². The second-order valence-electron chi connectivity index (χ2n) is 5.82. The van der Waals surface area contributed by atoms with Crippen molar-refractivity contribution in [3.8, 4) is 33.6 Å². The van der Waals surface area contributed by atoms with Gasteiger partial charge in [0, 0.05) is 40.8 Å². The fraction of sp³-hybridized carbons (Fsp3) is 0. The van der Waals surface area contributed by atoms with Crippen molar-refractivity contribution in [1.29, 1.82) is 0 Å². The van der Waals surface area contributed by atoms with Crippen LogP contribution in [-0.2, 0) is 0 Å². The molecule has 0 amide bonds. The Morgan fingerprint density at radius 3 is 2.35 bits per heavy atom. The van der Waals surface area contributed by atoms with Crippen molar-refractivity contribution < 1.29 is 0 Å². The van der Waals surface area contributed by atoms with Crippen molar-refractivity contribution in [2.24, 2.45) is 0 Å². The van der Waals surface area contributed by atoms with Gasteiger partial charge in [-0.3, -0.25) is 14.6 Å². The predicted octanol–water partition coefficient (Wildman–Crippen LogP) is 3.46. The summed E-state index contributed by atoms with van der Waals surface area (Å²) in [7, 11) is 0. The van der Waals surface area contributed by atoms with Crippen molar-refractivity contribution in [1.82, 2.24) is 15.0 Å². The molecule has 5 nitrogen and oxygen atoms in total. The summed E-state index contributed by atoms with van der Waals surface area (Å²) in [5.74, 6) is 0. The number of aromatic nitrogens is 3. The third kappa shape index (κ3) is 2.98. The zero-order valence-electron chi connectivity index (χ0n) is 13.8. The molecule has 0 saturated heterocycles. The molecule has 2 N–H and O–H groups in total. The lowest BCUT2D eigenvalue weighted by Gasteiger charge is -2.10. The third-order valence-electron chi connectivity index (χ3n) is 4.14. The zero-order valence-corrected chi connectivity index (χ0v) is 13.8. The molecule has 26 heavy (non-hydrogen) atoms. The molecule has 0 atom stereocenters. The number of rotatable bonds is 3. The Bertz CT molecular complexity index is 1180. The molecule has 0 fully saturated rings. The molecule has 1 aromatic carbocycles. The maximum atomic E-state index is 12.5. The van der Waals surface area contributed by atoms with Crippen LogP contribution in [0.5, 0.6) is 0 Å². The van der Waals surface area contributed by atoms with E-state index < -0.39 is 0 Å². The maximum absolute atomic E-state index is 12.5. The Hall–Kier alpha value is -3.73. The van der Waals surface area contributed by atoms with Gasteiger partial charge in [-0.05, 0) is 29.8 Å². The average molecular weight is 341 g/mol. The summed E-state index contributed by atoms with van der Waals surface area (Å²) in [6.07, 6.45) is 3.37. The first-order valence-electron chi connectivity index (χ1n) is 8.15. The molecular formula is C21H15N3O2. The number of aromatic amines is 2. The van der Waals surface area contributed by atoms with Crippen LogP contribution < -0.4 is 11.1 Å². The summed E-state index contributed by atoms with van der Waals surface area (Å²) in [6, 6.07) is 19.9. The van der Waals surface area contributed by atoms with Gasteiger partial charge < -0.3 is 9.97 Å². The Morgan fingerprint density at radius 1 is 0.769 bits per heavy atom. The van der Waals surface area contributed by atoms with Crippen LogP contribution in [0.4, 0.5) is 0 Å². The van der Waals surface area contributed by atoms with E-state index in [-0.39, 0.29) is 11.1 Å². The molecule has 126 valence electrons. The van der Waals surface area contributed by atoms with Crippen LogP contribution in [0.25, 0.3) is 33.6 Å². The molecule has 0 unspecified atom stereocenters. The Balaban J connectivity index is 1.92. The van der Waals surface area contributed by atoms with Gasteiger partial charge in [0.05, 0.1) is 5.69 Å². The predicted molar refractivity (Wildman–Crippen MR) is 102 cm³/mol. The smallest absolute Gasteiger partial charge is 0.255 e. The summed E-state index contributed by atoms with van der Waals surface area (Å²) >= 11 is 0. The molecule has 0 aliphatic heterocycles. The first-order valence-corrected chi connectivity index (χ1v) is 8.15. The molecule has 3 aromatic heterocycles. The van der Waals surface area contributed by atoms with E-state index in [1.54, 1.807) is 18.5 Å². The average Bonchev–Trinajstić information content (AvgIpc) is 2.69. The minimum atomic E-state index is -0.199. The number of hydrogen-bond donors (Lipinski definition) is 2. The van der Waals surface area contributed by atoms with E-state index in [2.05, 4.69) is 15.0 Å². The van der Waals surface area contributed by atoms with Gasteiger partial charge in [0.2, 0.25) is 5.56 Å². The van der Waals surface area contributed by atoms with E-state index >= 15 is 0 Å². The zero-order chi connectivity index (χ0) is 17.9. The SMILES string of the molecule is O=c1cccc(-c2ccccc2-c2cc(-c3ccccn3)c[nH]c2=O)[nH]1. The van der Waals surface area contributed by atoms with Crippen LogP contribution in [0, 0.1) is 0 Å². The van der Waals surface area contributed by atoms with E-state index in [9.17, 15) is 9.59 Å². The maximum Gasteiger partial charge on any atom is 0.255 e. The number of benzene rings is 1. The molecule has 0 aliphatic carbocycles. The van der Waals surface area contributed by atoms with Gasteiger partial charge >= 0.3 is 0 Å². The monoisotopic (exact) mass is 341 g/mol. The highest BCUT2D eigenvalue weighted by atomic mass is 16.1. The first-order chi connectivity index (χ1) is 12.7. The Labute approximate surface area is 149 Å². The largest absolute Gasteiger partial charge is 0.328 e. The van der Waals surface area contributed by atoms with Crippen molar-refractivity contribution in [3.63, 3.8) is 0 Å². The molecule has 4 aromatic rings. The van der Waals surface area contributed by atoms with Gasteiger partial charge in [-0.25, -0.2) is 0 Å². The van der Waals surface area contributed by atoms with E-state index in [0.717, 1.165) is 22.4 Å². The Morgan fingerprint density at radius 2 is 1.58 bits per heavy atom. The van der Waals surface area contributed by atoms with Crippen molar-refractivity contribution >= 4 is 0 Å². The summed E-state index contributed by atoms with van der Waals surface area (Å²) in [5, 5.41) is 0. The second-order valence-corrected chi connectivity index (χ2v) is 5.82. The highest BCUT2D eigenvalue weighted by Gasteiger charge is 2.12. The van der Waals surface area contributed by atoms with Gasteiger partial charge in [0.1, 0.15) is 0 Å². The molecular weight excluding hydrogens is 326 g/mol. The number of hydrogen-bond acceptors (Lipinski definition) is 3. The van der Waals surface area contributed by atoms with E-state index in [1.165, 1.54) is 6.07 Å². The van der Waals surface area contributed by atoms with Crippen LogP contribution in [0.3, 0.4) is 0 Å². The third-order valence-corrected chi connectivity index (χ3v) is 4.14. The van der Waals surface area contributed by atoms with Crippen LogP contribution in [0.2, 0.25) is 0 Å². The molecule has 0 bridgehead atoms. The van der Waals surface area contributed by atoms with Gasteiger partial charge in [-0.1, -0.05) is 36.4 Å². The summed E-state index contributed by atoms with van der Waals surface area (Å²) < 4.78 is 0. The molecule has 4 rings (SSSR count). The number of nitrogens with zero attached hydrogens (tertiary/aromatic N) is 1. The van der Waals surface area contributed by atoms with Crippen LogP contribution in [0.1, 0.15) is 0 Å². The minimum Gasteiger partial charge on any atom is -0.328 e. The van der Waals surface area contributed by atoms with Gasteiger partial charge in [0.15, 0.2) is 0 Å². The van der Waals surface area contributed by atoms with E-state index in [4.69, 9.17) is 0 Å². The molecule has 3 heterocycles. The van der Waals surface area contributed by atoms with Crippen LogP contribution in [-0.4, -0.2) is 15.0 Å². The number of pyridine rings is 3. The topological polar surface area (TPSA) is 78.6 Å². The van der Waals surface area contributed by atoms with Gasteiger partial charge in [-0.15, -0.1) is 0 Å². The fourth-order valence-corrected chi connectivity index (χ4v) is 2.92. The van der Waals surface area contributed by atoms with Gasteiger partial charge in [-0.2, -0.15) is 0 Å². The minimum absolute atomic E-state index is 0.187. The molecule has 0 radical (unpaired) electrons. The van der Waals surface area contributed by atoms with Crippen molar-refractivity contribution in [2.75, 3.05) is 0 Å². The second kappa shape index (κ2) is 6.64.